The van der Waals surface area contributed by atoms with Crippen molar-refractivity contribution in [1.82, 2.24) is 5.64 Å². The number of rotatable bonds is 9. The van der Waals surface area contributed by atoms with Crippen LogP contribution in [0.5, 0.6) is 11.5 Å². The normalized spacial score (nSPS) is 13.3. The average Bonchev–Trinajstić information content (AvgIpc) is 3.04. The summed E-state index contributed by atoms with van der Waals surface area (Å²) in [4.78, 5) is 26.4. The van der Waals surface area contributed by atoms with Crippen LogP contribution in [0.15, 0.2) is 11.6 Å². The first kappa shape index (κ1) is 25.9. The number of carbonyl (C=O) groups is 1. The molecule has 0 amide bonds. The molecule has 9 nitrogen and oxygen atoms in total. The van der Waals surface area contributed by atoms with Gasteiger partial charge in [-0.15, -0.1) is 4.99 Å². The Hall–Kier alpha value is -2.17. The molecule has 1 aliphatic rings. The van der Waals surface area contributed by atoms with Crippen molar-refractivity contribution >= 4 is 5.97 Å². The predicted octanol–water partition coefficient (Wildman–Crippen LogP) is 3.05. The second-order valence-corrected chi connectivity index (χ2v) is 7.36. The highest BCUT2D eigenvalue weighted by molar-refractivity contribution is 5.98. The van der Waals surface area contributed by atoms with Crippen molar-refractivity contribution in [2.45, 2.75) is 66.8 Å². The topological polar surface area (TPSA) is 116 Å². The van der Waals surface area contributed by atoms with Gasteiger partial charge < -0.3 is 19.7 Å². The van der Waals surface area contributed by atoms with Crippen LogP contribution in [-0.4, -0.2) is 42.1 Å². The summed E-state index contributed by atoms with van der Waals surface area (Å²) in [6.45, 7) is 11.2. The Balaban J connectivity index is 0.00000103. The third-order valence-corrected chi connectivity index (χ3v) is 3.94. The molecule has 0 atom stereocenters. The van der Waals surface area contributed by atoms with Crippen molar-refractivity contribution < 1.29 is 39.2 Å². The molecule has 0 aromatic heterocycles. The molecule has 0 bridgehead atoms. The van der Waals surface area contributed by atoms with Crippen LogP contribution in [0.3, 0.4) is 0 Å². The zero-order valence-corrected chi connectivity index (χ0v) is 18.7. The van der Waals surface area contributed by atoms with Gasteiger partial charge in [-0.3, -0.25) is 4.84 Å². The number of allylic oxidation sites excluding steroid dienone is 1. The number of methoxy groups -OCH3 is 1. The number of phenolic OH excluding ortho intramolecular Hbond substituents is 1. The zero-order valence-electron chi connectivity index (χ0n) is 18.7. The molecule has 170 valence electrons. The van der Waals surface area contributed by atoms with Gasteiger partial charge in [-0.1, -0.05) is 6.08 Å². The molecule has 2 rings (SSSR count). The average molecular weight is 427 g/mol. The molecule has 30 heavy (non-hydrogen) atoms. The van der Waals surface area contributed by atoms with Crippen molar-refractivity contribution in [2.24, 2.45) is 0 Å². The van der Waals surface area contributed by atoms with Crippen molar-refractivity contribution in [3.63, 3.8) is 0 Å². The molecule has 1 aliphatic heterocycles. The number of carbonyl (C=O) groups excluding carboxylic acids is 1. The summed E-state index contributed by atoms with van der Waals surface area (Å²) >= 11 is 0. The largest absolute Gasteiger partial charge is 0.507 e. The van der Waals surface area contributed by atoms with Gasteiger partial charge >= 0.3 is 5.97 Å². The first-order valence-electron chi connectivity index (χ1n) is 9.71. The first-order valence-corrected chi connectivity index (χ1v) is 9.71. The number of aliphatic hydroxyl groups is 1. The number of aliphatic hydroxyl groups excluding tert-OH is 1. The van der Waals surface area contributed by atoms with Gasteiger partial charge in [-0.25, -0.2) is 9.68 Å². The molecular weight excluding hydrogens is 394 g/mol. The number of hydrogen-bond acceptors (Lipinski definition) is 9. The van der Waals surface area contributed by atoms with E-state index in [4.69, 9.17) is 24.3 Å². The molecule has 1 aromatic rings. The lowest BCUT2D eigenvalue weighted by molar-refractivity contribution is -0.413. The lowest BCUT2D eigenvalue weighted by Crippen LogP contribution is -2.19. The minimum atomic E-state index is -0.514. The van der Waals surface area contributed by atoms with Crippen LogP contribution >= 0.6 is 0 Å². The lowest BCUT2D eigenvalue weighted by Gasteiger charge is -2.15. The molecule has 0 aliphatic carbocycles. The number of hydrogen-bond donors (Lipinski definition) is 3. The van der Waals surface area contributed by atoms with Gasteiger partial charge in [0.05, 0.1) is 19.8 Å². The van der Waals surface area contributed by atoms with E-state index in [1.807, 2.05) is 33.8 Å². The minimum absolute atomic E-state index is 0.0899. The maximum Gasteiger partial charge on any atom is 0.342 e. The summed E-state index contributed by atoms with van der Waals surface area (Å²) in [6, 6.07) is 0. The van der Waals surface area contributed by atoms with Crippen molar-refractivity contribution in [2.75, 3.05) is 13.7 Å². The molecule has 1 aromatic carbocycles. The Bertz CT molecular complexity index is 741. The van der Waals surface area contributed by atoms with Gasteiger partial charge in [0, 0.05) is 17.2 Å². The van der Waals surface area contributed by atoms with E-state index in [0.29, 0.717) is 23.3 Å². The van der Waals surface area contributed by atoms with Crippen LogP contribution in [-0.2, 0) is 32.5 Å². The summed E-state index contributed by atoms with van der Waals surface area (Å²) in [7, 11) is 1.53. The monoisotopic (exact) mass is 427 g/mol. The number of aromatic hydroxyl groups is 1. The fourth-order valence-electron chi connectivity index (χ4n) is 2.65. The maximum absolute atomic E-state index is 11.9. The van der Waals surface area contributed by atoms with E-state index in [2.05, 4.69) is 10.6 Å². The fourth-order valence-corrected chi connectivity index (χ4v) is 2.65. The Morgan fingerprint density at radius 3 is 2.50 bits per heavy atom. The van der Waals surface area contributed by atoms with Crippen LogP contribution in [0, 0.1) is 6.92 Å². The highest BCUT2D eigenvalue weighted by atomic mass is 17.3. The van der Waals surface area contributed by atoms with Crippen molar-refractivity contribution in [3.05, 3.63) is 33.9 Å². The number of ether oxygens (including phenoxy) is 2. The van der Waals surface area contributed by atoms with E-state index in [-0.39, 0.29) is 36.7 Å². The van der Waals surface area contributed by atoms with E-state index in [0.717, 1.165) is 11.1 Å². The maximum atomic E-state index is 11.9. The summed E-state index contributed by atoms with van der Waals surface area (Å²) in [5.74, 6) is -0.0574. The summed E-state index contributed by atoms with van der Waals surface area (Å²) in [5, 5.41) is 18.6. The van der Waals surface area contributed by atoms with E-state index in [1.54, 1.807) is 13.8 Å². The third-order valence-electron chi connectivity index (χ3n) is 3.94. The highest BCUT2D eigenvalue weighted by Gasteiger charge is 2.31. The minimum Gasteiger partial charge on any atom is -0.507 e. The number of benzene rings is 1. The SMILES string of the molecule is CC(C)O.COc1c(C)c2c(c(O)c1C/C=C(\C)CONOOC(C)C)C(=O)OC2. The molecule has 3 N–H and O–H groups in total. The molecule has 0 saturated heterocycles. The van der Waals surface area contributed by atoms with Gasteiger partial charge in [0.25, 0.3) is 0 Å². The van der Waals surface area contributed by atoms with Crippen LogP contribution in [0.1, 0.15) is 61.7 Å². The summed E-state index contributed by atoms with van der Waals surface area (Å²) in [5.41, 5.74) is 5.34. The Morgan fingerprint density at radius 1 is 1.30 bits per heavy atom. The highest BCUT2D eigenvalue weighted by Crippen LogP contribution is 2.41. The molecule has 0 radical (unpaired) electrons. The number of fused-ring (bicyclic) bond motifs is 1. The molecule has 0 fully saturated rings. The van der Waals surface area contributed by atoms with Crippen LogP contribution in [0.2, 0.25) is 0 Å². The second-order valence-electron chi connectivity index (χ2n) is 7.36. The van der Waals surface area contributed by atoms with Gasteiger partial charge in [0.2, 0.25) is 0 Å². The number of esters is 1. The third kappa shape index (κ3) is 7.58. The molecule has 0 unspecified atom stereocenters. The van der Waals surface area contributed by atoms with E-state index in [9.17, 15) is 9.90 Å². The lowest BCUT2D eigenvalue weighted by atomic mass is 9.95. The van der Waals surface area contributed by atoms with Gasteiger partial charge in [-0.2, -0.15) is 0 Å². The first-order chi connectivity index (χ1) is 14.1. The number of cyclic esters (lactones) is 1. The molecule has 0 saturated carbocycles. The van der Waals surface area contributed by atoms with Gasteiger partial charge in [0.1, 0.15) is 23.7 Å². The number of phenols is 1. The quantitative estimate of drug-likeness (QED) is 0.180. The van der Waals surface area contributed by atoms with E-state index < -0.39 is 5.97 Å². The molecular formula is C21H33NO8. The van der Waals surface area contributed by atoms with Gasteiger partial charge in [-0.05, 0) is 64.7 Å². The van der Waals surface area contributed by atoms with E-state index in [1.165, 1.54) is 7.11 Å². The molecule has 0 spiro atoms. The zero-order chi connectivity index (χ0) is 22.8. The van der Waals surface area contributed by atoms with Gasteiger partial charge in [0.15, 0.2) is 0 Å². The Morgan fingerprint density at radius 2 is 1.93 bits per heavy atom. The predicted molar refractivity (Wildman–Crippen MR) is 110 cm³/mol. The van der Waals surface area contributed by atoms with Crippen LogP contribution in [0.4, 0.5) is 0 Å². The molecule has 9 heteroatoms. The van der Waals surface area contributed by atoms with E-state index >= 15 is 0 Å². The summed E-state index contributed by atoms with van der Waals surface area (Å²) in [6.07, 6.45) is 1.98. The smallest absolute Gasteiger partial charge is 0.342 e. The second kappa shape index (κ2) is 12.5. The molecule has 1 heterocycles. The Kier molecular flexibility index (Phi) is 10.8. The Labute approximate surface area is 177 Å². The van der Waals surface area contributed by atoms with Crippen molar-refractivity contribution in [3.8, 4) is 11.5 Å². The van der Waals surface area contributed by atoms with Crippen LogP contribution in [0.25, 0.3) is 0 Å². The summed E-state index contributed by atoms with van der Waals surface area (Å²) < 4.78 is 10.5. The standard InChI is InChI=1S/C18H25NO7.C3H8O/c1-10(2)25-26-19-24-8-11(3)6-7-13-16(20)15-14(9-23-18(15)21)12(4)17(13)22-5;1-3(2)4/h6,10,19-20H,7-9H2,1-5H3;3-4H,1-2H3/b11-6+;. The van der Waals surface area contributed by atoms with Crippen LogP contribution < -0.4 is 10.4 Å². The number of nitrogens with one attached hydrogen (secondary N) is 1. The van der Waals surface area contributed by atoms with Crippen molar-refractivity contribution in [1.29, 1.82) is 0 Å². The fraction of sp³-hybridized carbons (Fsp3) is 0.571.